The molecule has 1 saturated heterocycles. The Morgan fingerprint density at radius 1 is 1.29 bits per heavy atom. The topological polar surface area (TPSA) is 46.8 Å². The Kier molecular flexibility index (Phi) is 2.51. The molecule has 0 spiro atoms. The molecule has 1 fully saturated rings. The minimum atomic E-state index is 0.389. The van der Waals surface area contributed by atoms with E-state index in [2.05, 4.69) is 26.2 Å². The first kappa shape index (κ1) is 10.3. The molecule has 0 aromatic carbocycles. The number of aryl methyl sites for hydroxylation is 1. The van der Waals surface area contributed by atoms with Crippen molar-refractivity contribution >= 4 is 5.82 Å². The van der Waals surface area contributed by atoms with Crippen molar-refractivity contribution in [1.82, 2.24) is 19.7 Å². The highest BCUT2D eigenvalue weighted by Crippen LogP contribution is 2.34. The Labute approximate surface area is 100 Å². The fourth-order valence-electron chi connectivity index (χ4n) is 2.44. The number of hydrogen-bond acceptors (Lipinski definition) is 4. The van der Waals surface area contributed by atoms with E-state index in [1.165, 1.54) is 12.0 Å². The summed E-state index contributed by atoms with van der Waals surface area (Å²) in [4.78, 5) is 10.8. The summed E-state index contributed by atoms with van der Waals surface area (Å²) >= 11 is 0. The molecule has 0 saturated carbocycles. The molecule has 1 aliphatic heterocycles. The number of aromatic nitrogens is 4. The van der Waals surface area contributed by atoms with Gasteiger partial charge in [0.15, 0.2) is 0 Å². The molecule has 0 bridgehead atoms. The van der Waals surface area contributed by atoms with Gasteiger partial charge >= 0.3 is 0 Å². The lowest BCUT2D eigenvalue weighted by molar-refractivity contribution is 0.706. The van der Waals surface area contributed by atoms with Crippen molar-refractivity contribution in [3.8, 4) is 0 Å². The maximum absolute atomic E-state index is 4.38. The van der Waals surface area contributed by atoms with Gasteiger partial charge in [0.2, 0.25) is 0 Å². The average molecular weight is 229 g/mol. The van der Waals surface area contributed by atoms with Crippen molar-refractivity contribution in [2.45, 2.75) is 18.9 Å². The minimum absolute atomic E-state index is 0.389. The third-order valence-corrected chi connectivity index (χ3v) is 3.21. The average Bonchev–Trinajstić information content (AvgIpc) is 2.98. The summed E-state index contributed by atoms with van der Waals surface area (Å²) in [6.07, 6.45) is 11.7. The highest BCUT2D eigenvalue weighted by atomic mass is 15.3. The molecule has 2 aromatic rings. The maximum Gasteiger partial charge on any atom is 0.147 e. The molecule has 0 N–H and O–H groups in total. The van der Waals surface area contributed by atoms with Crippen LogP contribution in [0.15, 0.2) is 31.0 Å². The summed E-state index contributed by atoms with van der Waals surface area (Å²) < 4.78 is 1.85. The van der Waals surface area contributed by atoms with Gasteiger partial charge in [-0.25, -0.2) is 4.98 Å². The van der Waals surface area contributed by atoms with E-state index >= 15 is 0 Å². The van der Waals surface area contributed by atoms with Gasteiger partial charge in [-0.15, -0.1) is 0 Å². The molecule has 3 heterocycles. The van der Waals surface area contributed by atoms with Crippen LogP contribution in [-0.4, -0.2) is 26.3 Å². The zero-order valence-corrected chi connectivity index (χ0v) is 9.82. The van der Waals surface area contributed by atoms with E-state index in [1.807, 2.05) is 24.1 Å². The van der Waals surface area contributed by atoms with Gasteiger partial charge in [-0.05, 0) is 12.8 Å². The first-order valence-corrected chi connectivity index (χ1v) is 5.86. The largest absolute Gasteiger partial charge is 0.348 e. The van der Waals surface area contributed by atoms with E-state index < -0.39 is 0 Å². The van der Waals surface area contributed by atoms with Crippen LogP contribution in [0.5, 0.6) is 0 Å². The predicted octanol–water partition coefficient (Wildman–Crippen LogP) is 1.55. The van der Waals surface area contributed by atoms with Crippen LogP contribution in [0.3, 0.4) is 0 Å². The molecule has 5 heteroatoms. The Balaban J connectivity index is 1.90. The lowest BCUT2D eigenvalue weighted by Crippen LogP contribution is -2.23. The normalized spacial score (nSPS) is 19.8. The van der Waals surface area contributed by atoms with Crippen molar-refractivity contribution in [3.63, 3.8) is 0 Å². The standard InChI is InChI=1S/C12H15N5/c1-16-9-10(7-15-16)11-3-2-6-17(11)12-8-13-4-5-14-12/h4-5,7-9,11H,2-3,6H2,1H3. The molecule has 1 unspecified atom stereocenters. The summed E-state index contributed by atoms with van der Waals surface area (Å²) in [6.45, 7) is 1.04. The van der Waals surface area contributed by atoms with Crippen LogP contribution in [0, 0.1) is 0 Å². The molecule has 1 atom stereocenters. The Hall–Kier alpha value is -1.91. The Morgan fingerprint density at radius 2 is 2.24 bits per heavy atom. The van der Waals surface area contributed by atoms with Crippen LogP contribution in [0.1, 0.15) is 24.4 Å². The van der Waals surface area contributed by atoms with Crippen molar-refractivity contribution in [2.75, 3.05) is 11.4 Å². The number of nitrogens with zero attached hydrogens (tertiary/aromatic N) is 5. The van der Waals surface area contributed by atoms with Gasteiger partial charge in [-0.2, -0.15) is 5.10 Å². The van der Waals surface area contributed by atoms with E-state index in [0.29, 0.717) is 6.04 Å². The minimum Gasteiger partial charge on any atom is -0.348 e. The maximum atomic E-state index is 4.38. The Morgan fingerprint density at radius 3 is 2.94 bits per heavy atom. The third-order valence-electron chi connectivity index (χ3n) is 3.21. The summed E-state index contributed by atoms with van der Waals surface area (Å²) in [7, 11) is 1.95. The van der Waals surface area contributed by atoms with Gasteiger partial charge < -0.3 is 4.90 Å². The molecule has 0 amide bonds. The fraction of sp³-hybridized carbons (Fsp3) is 0.417. The fourth-order valence-corrected chi connectivity index (χ4v) is 2.44. The lowest BCUT2D eigenvalue weighted by Gasteiger charge is -2.24. The first-order valence-electron chi connectivity index (χ1n) is 5.86. The molecule has 17 heavy (non-hydrogen) atoms. The van der Waals surface area contributed by atoms with E-state index in [1.54, 1.807) is 12.4 Å². The van der Waals surface area contributed by atoms with Gasteiger partial charge in [-0.1, -0.05) is 0 Å². The van der Waals surface area contributed by atoms with E-state index in [-0.39, 0.29) is 0 Å². The molecule has 5 nitrogen and oxygen atoms in total. The van der Waals surface area contributed by atoms with Gasteiger partial charge in [0.05, 0.1) is 18.4 Å². The van der Waals surface area contributed by atoms with Crippen molar-refractivity contribution in [2.24, 2.45) is 7.05 Å². The molecule has 0 radical (unpaired) electrons. The van der Waals surface area contributed by atoms with Crippen LogP contribution in [-0.2, 0) is 7.05 Å². The number of rotatable bonds is 2. The second kappa shape index (κ2) is 4.16. The first-order chi connectivity index (χ1) is 8.34. The van der Waals surface area contributed by atoms with Gasteiger partial charge in [0.1, 0.15) is 5.82 Å². The van der Waals surface area contributed by atoms with Crippen LogP contribution in [0.4, 0.5) is 5.82 Å². The van der Waals surface area contributed by atoms with Crippen LogP contribution in [0.2, 0.25) is 0 Å². The van der Waals surface area contributed by atoms with Crippen LogP contribution < -0.4 is 4.90 Å². The SMILES string of the molecule is Cn1cc(C2CCCN2c2cnccn2)cn1. The number of anilines is 1. The van der Waals surface area contributed by atoms with Crippen LogP contribution >= 0.6 is 0 Å². The van der Waals surface area contributed by atoms with Gasteiger partial charge in [0, 0.05) is 37.7 Å². The molecule has 3 rings (SSSR count). The predicted molar refractivity (Wildman–Crippen MR) is 64.6 cm³/mol. The monoisotopic (exact) mass is 229 g/mol. The van der Waals surface area contributed by atoms with E-state index in [4.69, 9.17) is 0 Å². The number of hydrogen-bond donors (Lipinski definition) is 0. The summed E-state index contributed by atoms with van der Waals surface area (Å²) in [5.74, 6) is 0.957. The molecule has 0 aliphatic carbocycles. The lowest BCUT2D eigenvalue weighted by atomic mass is 10.1. The molecule has 1 aliphatic rings. The molecule has 2 aromatic heterocycles. The summed E-state index contributed by atoms with van der Waals surface area (Å²) in [6, 6.07) is 0.389. The zero-order chi connectivity index (χ0) is 11.7. The smallest absolute Gasteiger partial charge is 0.147 e. The van der Waals surface area contributed by atoms with E-state index in [0.717, 1.165) is 18.8 Å². The second-order valence-corrected chi connectivity index (χ2v) is 4.36. The molecule has 88 valence electrons. The van der Waals surface area contributed by atoms with Crippen LogP contribution in [0.25, 0.3) is 0 Å². The molecular formula is C12H15N5. The molecular weight excluding hydrogens is 214 g/mol. The van der Waals surface area contributed by atoms with Gasteiger partial charge in [0.25, 0.3) is 0 Å². The second-order valence-electron chi connectivity index (χ2n) is 4.36. The quantitative estimate of drug-likeness (QED) is 0.784. The third kappa shape index (κ3) is 1.88. The van der Waals surface area contributed by atoms with Gasteiger partial charge in [-0.3, -0.25) is 9.67 Å². The summed E-state index contributed by atoms with van der Waals surface area (Å²) in [5.41, 5.74) is 1.26. The summed E-state index contributed by atoms with van der Waals surface area (Å²) in [5, 5.41) is 4.24. The van der Waals surface area contributed by atoms with Crippen molar-refractivity contribution in [1.29, 1.82) is 0 Å². The van der Waals surface area contributed by atoms with Crippen molar-refractivity contribution in [3.05, 3.63) is 36.5 Å². The highest BCUT2D eigenvalue weighted by molar-refractivity contribution is 5.41. The highest BCUT2D eigenvalue weighted by Gasteiger charge is 2.27. The Bertz CT molecular complexity index is 493. The zero-order valence-electron chi connectivity index (χ0n) is 9.82. The van der Waals surface area contributed by atoms with Crippen molar-refractivity contribution < 1.29 is 0 Å². The van der Waals surface area contributed by atoms with E-state index in [9.17, 15) is 0 Å².